The van der Waals surface area contributed by atoms with E-state index in [4.69, 9.17) is 0 Å². The molecule has 0 unspecified atom stereocenters. The van der Waals surface area contributed by atoms with Gasteiger partial charge in [0.15, 0.2) is 0 Å². The molecule has 96 valence electrons. The van der Waals surface area contributed by atoms with E-state index in [-0.39, 0.29) is 6.61 Å². The number of hydrogen-bond acceptors (Lipinski definition) is 1. The lowest BCUT2D eigenvalue weighted by Gasteiger charge is -2.07. The van der Waals surface area contributed by atoms with Gasteiger partial charge in [-0.25, -0.2) is 0 Å². The summed E-state index contributed by atoms with van der Waals surface area (Å²) in [7, 11) is 0. The smallest absolute Gasteiger partial charge is 0.0687 e. The molecule has 0 radical (unpaired) electrons. The second kappa shape index (κ2) is 4.32. The Kier molecular flexibility index (Phi) is 2.48. The monoisotopic (exact) mass is 258 g/mol. The zero-order valence-electron chi connectivity index (χ0n) is 11.0. The van der Waals surface area contributed by atoms with Gasteiger partial charge in [0.05, 0.1) is 6.61 Å². The van der Waals surface area contributed by atoms with E-state index in [1.807, 2.05) is 12.1 Å². The molecule has 0 saturated heterocycles. The SMILES string of the molecule is OCc1ccc2cccc3c2c1C=C3c1ccccc1. The van der Waals surface area contributed by atoms with Crippen molar-refractivity contribution >= 4 is 22.4 Å². The molecule has 0 fully saturated rings. The van der Waals surface area contributed by atoms with Gasteiger partial charge in [-0.15, -0.1) is 0 Å². The van der Waals surface area contributed by atoms with Gasteiger partial charge in [-0.2, -0.15) is 0 Å². The van der Waals surface area contributed by atoms with Crippen LogP contribution in [0.2, 0.25) is 0 Å². The predicted molar refractivity (Wildman–Crippen MR) is 83.3 cm³/mol. The van der Waals surface area contributed by atoms with Gasteiger partial charge < -0.3 is 5.11 Å². The predicted octanol–water partition coefficient (Wildman–Crippen LogP) is 4.23. The maximum Gasteiger partial charge on any atom is 0.0687 e. The Hall–Kier alpha value is -2.38. The van der Waals surface area contributed by atoms with E-state index in [1.165, 1.54) is 33.0 Å². The average Bonchev–Trinajstić information content (AvgIpc) is 2.90. The molecular formula is C19H14O. The lowest BCUT2D eigenvalue weighted by molar-refractivity contribution is 0.282. The molecule has 1 aliphatic carbocycles. The van der Waals surface area contributed by atoms with Crippen molar-refractivity contribution in [1.82, 2.24) is 0 Å². The fourth-order valence-electron chi connectivity index (χ4n) is 3.06. The molecule has 0 spiro atoms. The van der Waals surface area contributed by atoms with Gasteiger partial charge >= 0.3 is 0 Å². The highest BCUT2D eigenvalue weighted by Gasteiger charge is 2.19. The van der Waals surface area contributed by atoms with Crippen molar-refractivity contribution in [1.29, 1.82) is 0 Å². The molecule has 1 heteroatoms. The van der Waals surface area contributed by atoms with Crippen molar-refractivity contribution in [2.45, 2.75) is 6.61 Å². The lowest BCUT2D eigenvalue weighted by Crippen LogP contribution is -1.88. The van der Waals surface area contributed by atoms with Crippen molar-refractivity contribution in [3.63, 3.8) is 0 Å². The molecule has 0 bridgehead atoms. The summed E-state index contributed by atoms with van der Waals surface area (Å²) in [5.74, 6) is 0. The maximum atomic E-state index is 9.56. The van der Waals surface area contributed by atoms with Crippen LogP contribution in [0.4, 0.5) is 0 Å². The summed E-state index contributed by atoms with van der Waals surface area (Å²) in [6.45, 7) is 0.0815. The van der Waals surface area contributed by atoms with E-state index in [1.54, 1.807) is 0 Å². The minimum atomic E-state index is 0.0815. The highest BCUT2D eigenvalue weighted by atomic mass is 16.3. The summed E-state index contributed by atoms with van der Waals surface area (Å²) in [5, 5.41) is 12.1. The molecule has 0 aromatic heterocycles. The number of aliphatic hydroxyl groups excluding tert-OH is 1. The molecule has 1 aliphatic rings. The second-order valence-corrected chi connectivity index (χ2v) is 5.12. The van der Waals surface area contributed by atoms with Crippen LogP contribution in [0.25, 0.3) is 22.4 Å². The fourth-order valence-corrected chi connectivity index (χ4v) is 3.06. The zero-order chi connectivity index (χ0) is 13.5. The van der Waals surface area contributed by atoms with Gasteiger partial charge in [-0.05, 0) is 44.7 Å². The van der Waals surface area contributed by atoms with Crippen molar-refractivity contribution in [2.75, 3.05) is 0 Å². The lowest BCUT2D eigenvalue weighted by atomic mass is 9.97. The first-order valence-electron chi connectivity index (χ1n) is 6.81. The standard InChI is InChI=1S/C19H14O/c20-12-15-10-9-14-7-4-8-16-17(11-18(15)19(14)16)13-5-2-1-3-6-13/h1-11,20H,12H2. The molecule has 4 rings (SSSR count). The minimum absolute atomic E-state index is 0.0815. The molecule has 0 aliphatic heterocycles. The normalized spacial score (nSPS) is 12.8. The minimum Gasteiger partial charge on any atom is -0.392 e. The molecule has 3 aromatic rings. The van der Waals surface area contributed by atoms with Crippen LogP contribution in [-0.4, -0.2) is 5.11 Å². The molecule has 1 N–H and O–H groups in total. The van der Waals surface area contributed by atoms with Crippen LogP contribution < -0.4 is 0 Å². The van der Waals surface area contributed by atoms with Gasteiger partial charge in [0.25, 0.3) is 0 Å². The fraction of sp³-hybridized carbons (Fsp3) is 0.0526. The third-order valence-corrected chi connectivity index (χ3v) is 4.01. The first kappa shape index (κ1) is 11.4. The molecular weight excluding hydrogens is 244 g/mol. The van der Waals surface area contributed by atoms with E-state index in [0.717, 1.165) is 5.56 Å². The Bertz CT molecular complexity index is 829. The molecule has 0 atom stereocenters. The highest BCUT2D eigenvalue weighted by molar-refractivity contribution is 6.13. The summed E-state index contributed by atoms with van der Waals surface area (Å²) in [6, 6.07) is 20.9. The number of rotatable bonds is 2. The van der Waals surface area contributed by atoms with Crippen LogP contribution in [0, 0.1) is 0 Å². The van der Waals surface area contributed by atoms with Crippen LogP contribution in [0.1, 0.15) is 22.3 Å². The van der Waals surface area contributed by atoms with E-state index >= 15 is 0 Å². The van der Waals surface area contributed by atoms with E-state index < -0.39 is 0 Å². The Morgan fingerprint density at radius 2 is 1.65 bits per heavy atom. The Morgan fingerprint density at radius 1 is 0.800 bits per heavy atom. The summed E-state index contributed by atoms with van der Waals surface area (Å²) in [6.07, 6.45) is 2.21. The summed E-state index contributed by atoms with van der Waals surface area (Å²) in [5.41, 5.74) is 5.89. The van der Waals surface area contributed by atoms with Crippen molar-refractivity contribution < 1.29 is 5.11 Å². The van der Waals surface area contributed by atoms with Crippen molar-refractivity contribution in [2.24, 2.45) is 0 Å². The van der Waals surface area contributed by atoms with Crippen molar-refractivity contribution in [3.8, 4) is 0 Å². The Labute approximate surface area is 117 Å². The largest absolute Gasteiger partial charge is 0.392 e. The van der Waals surface area contributed by atoms with E-state index in [9.17, 15) is 5.11 Å². The van der Waals surface area contributed by atoms with Crippen LogP contribution in [0.5, 0.6) is 0 Å². The molecule has 1 nitrogen and oxygen atoms in total. The first-order chi connectivity index (χ1) is 9.88. The van der Waals surface area contributed by atoms with Gasteiger partial charge in [0.2, 0.25) is 0 Å². The molecule has 0 saturated carbocycles. The summed E-state index contributed by atoms with van der Waals surface area (Å²) in [4.78, 5) is 0. The Morgan fingerprint density at radius 3 is 2.45 bits per heavy atom. The van der Waals surface area contributed by atoms with Crippen LogP contribution >= 0.6 is 0 Å². The molecule has 3 aromatic carbocycles. The van der Waals surface area contributed by atoms with Gasteiger partial charge in [-0.1, -0.05) is 60.7 Å². The highest BCUT2D eigenvalue weighted by Crippen LogP contribution is 2.41. The quantitative estimate of drug-likeness (QED) is 0.570. The first-order valence-corrected chi connectivity index (χ1v) is 6.81. The van der Waals surface area contributed by atoms with Gasteiger partial charge in [0.1, 0.15) is 0 Å². The van der Waals surface area contributed by atoms with Crippen LogP contribution in [0.15, 0.2) is 60.7 Å². The summed E-state index contributed by atoms with van der Waals surface area (Å²) >= 11 is 0. The number of hydrogen-bond donors (Lipinski definition) is 1. The molecule has 0 amide bonds. The second-order valence-electron chi connectivity index (χ2n) is 5.12. The maximum absolute atomic E-state index is 9.56. The zero-order valence-corrected chi connectivity index (χ0v) is 11.0. The third-order valence-electron chi connectivity index (χ3n) is 4.01. The number of aliphatic hydroxyl groups is 1. The topological polar surface area (TPSA) is 20.2 Å². The van der Waals surface area contributed by atoms with E-state index in [2.05, 4.69) is 54.6 Å². The van der Waals surface area contributed by atoms with Gasteiger partial charge in [0, 0.05) is 0 Å². The summed E-state index contributed by atoms with van der Waals surface area (Å²) < 4.78 is 0. The third kappa shape index (κ3) is 1.54. The van der Waals surface area contributed by atoms with Crippen LogP contribution in [-0.2, 0) is 6.61 Å². The van der Waals surface area contributed by atoms with E-state index in [0.29, 0.717) is 0 Å². The van der Waals surface area contributed by atoms with Crippen molar-refractivity contribution in [3.05, 3.63) is 82.9 Å². The Balaban J connectivity index is 2.05. The van der Waals surface area contributed by atoms with Crippen LogP contribution in [0.3, 0.4) is 0 Å². The molecule has 0 heterocycles. The van der Waals surface area contributed by atoms with Gasteiger partial charge in [-0.3, -0.25) is 0 Å². The molecule has 20 heavy (non-hydrogen) atoms. The number of benzene rings is 3. The average molecular weight is 258 g/mol.